The molecule has 0 saturated carbocycles. The van der Waals surface area contributed by atoms with Crippen molar-refractivity contribution in [3.8, 4) is 56.4 Å². The van der Waals surface area contributed by atoms with Crippen LogP contribution in [0.1, 0.15) is 22.8 Å². The first-order valence-corrected chi connectivity index (χ1v) is 23.4. The van der Waals surface area contributed by atoms with E-state index in [4.69, 9.17) is 23.7 Å². The SMILES string of the molecule is COC1c2ccccc2-c2ccccc21.COc1cc2ccccc2c2ccccc12.COc1ccc2ccc(C)cc2c1.COc1cccc2c1-c1ccccc1-2.COc1cccc2ccccc12. The molecule has 5 heteroatoms. The van der Waals surface area contributed by atoms with Gasteiger partial charge in [-0.2, -0.15) is 0 Å². The molecule has 11 aromatic carbocycles. The van der Waals surface area contributed by atoms with E-state index >= 15 is 0 Å². The van der Waals surface area contributed by atoms with Gasteiger partial charge in [0, 0.05) is 23.4 Å². The van der Waals surface area contributed by atoms with Gasteiger partial charge < -0.3 is 23.7 Å². The molecule has 0 spiro atoms. The number of aryl methyl sites for hydroxylation is 1. The van der Waals surface area contributed by atoms with Gasteiger partial charge in [0.15, 0.2) is 0 Å². The fourth-order valence-corrected chi connectivity index (χ4v) is 9.47. The van der Waals surface area contributed by atoms with E-state index in [0.717, 1.165) is 23.0 Å². The Morgan fingerprint density at radius 1 is 0.300 bits per heavy atom. The molecule has 13 rings (SSSR count). The van der Waals surface area contributed by atoms with Gasteiger partial charge in [-0.3, -0.25) is 0 Å². The monoisotopic (exact) mass is 916 g/mol. The van der Waals surface area contributed by atoms with Gasteiger partial charge in [-0.25, -0.2) is 0 Å². The minimum atomic E-state index is 0.109. The van der Waals surface area contributed by atoms with Crippen LogP contribution in [-0.4, -0.2) is 35.5 Å². The van der Waals surface area contributed by atoms with Crippen LogP contribution in [0.25, 0.3) is 76.5 Å². The molecule has 2 aliphatic carbocycles. The molecule has 0 amide bonds. The van der Waals surface area contributed by atoms with Gasteiger partial charge >= 0.3 is 0 Å². The zero-order valence-corrected chi connectivity index (χ0v) is 40.5. The maximum atomic E-state index is 5.56. The van der Waals surface area contributed by atoms with E-state index in [1.54, 1.807) is 35.5 Å². The summed E-state index contributed by atoms with van der Waals surface area (Å²) in [5, 5.41) is 9.79. The first-order valence-electron chi connectivity index (χ1n) is 23.4. The van der Waals surface area contributed by atoms with Crippen molar-refractivity contribution in [1.29, 1.82) is 0 Å². The number of rotatable bonds is 5. The lowest BCUT2D eigenvalue weighted by Gasteiger charge is -2.25. The van der Waals surface area contributed by atoms with Crippen LogP contribution in [0, 0.1) is 6.92 Å². The minimum absolute atomic E-state index is 0.109. The van der Waals surface area contributed by atoms with Crippen molar-refractivity contribution in [2.24, 2.45) is 0 Å². The average Bonchev–Trinajstić information content (AvgIpc) is 3.75. The fraction of sp³-hybridized carbons (Fsp3) is 0.108. The molecule has 70 heavy (non-hydrogen) atoms. The summed E-state index contributed by atoms with van der Waals surface area (Å²) in [4.78, 5) is 0. The van der Waals surface area contributed by atoms with Crippen molar-refractivity contribution in [2.45, 2.75) is 13.0 Å². The number of fused-ring (bicyclic) bond motifs is 12. The molecular weight excluding hydrogens is 861 g/mol. The number of hydrogen-bond donors (Lipinski definition) is 0. The highest BCUT2D eigenvalue weighted by atomic mass is 16.5. The highest BCUT2D eigenvalue weighted by molar-refractivity contribution is 6.10. The number of benzene rings is 11. The molecule has 0 radical (unpaired) electrons. The fourth-order valence-electron chi connectivity index (χ4n) is 9.47. The van der Waals surface area contributed by atoms with Gasteiger partial charge in [-0.15, -0.1) is 0 Å². The molecule has 0 aliphatic heterocycles. The lowest BCUT2D eigenvalue weighted by atomic mass is 9.80. The Balaban J connectivity index is 0.000000109. The average molecular weight is 917 g/mol. The van der Waals surface area contributed by atoms with Crippen LogP contribution in [0.3, 0.4) is 0 Å². The molecule has 0 saturated heterocycles. The van der Waals surface area contributed by atoms with E-state index in [2.05, 4.69) is 183 Å². The maximum Gasteiger partial charge on any atom is 0.127 e. The van der Waals surface area contributed by atoms with E-state index in [0.29, 0.717) is 0 Å². The normalized spacial score (nSPS) is 11.3. The van der Waals surface area contributed by atoms with E-state index in [1.807, 2.05) is 48.5 Å². The second-order valence-electron chi connectivity index (χ2n) is 17.0. The Morgan fingerprint density at radius 2 is 0.814 bits per heavy atom. The zero-order valence-electron chi connectivity index (χ0n) is 40.5. The van der Waals surface area contributed by atoms with Gasteiger partial charge in [0.25, 0.3) is 0 Å². The summed E-state index contributed by atoms with van der Waals surface area (Å²) in [6.07, 6.45) is 0.109. The third-order valence-electron chi connectivity index (χ3n) is 12.9. The van der Waals surface area contributed by atoms with Crippen molar-refractivity contribution in [3.05, 3.63) is 241 Å². The summed E-state index contributed by atoms with van der Waals surface area (Å²) >= 11 is 0. The second-order valence-corrected chi connectivity index (χ2v) is 17.0. The molecule has 0 N–H and O–H groups in total. The van der Waals surface area contributed by atoms with Gasteiger partial charge in [-0.05, 0) is 109 Å². The third kappa shape index (κ3) is 9.66. The number of methoxy groups -OCH3 is 5. The first-order chi connectivity index (χ1) is 34.4. The van der Waals surface area contributed by atoms with Gasteiger partial charge in [0.05, 0.1) is 28.4 Å². The highest BCUT2D eigenvalue weighted by Crippen LogP contribution is 2.51. The number of hydrogen-bond acceptors (Lipinski definition) is 5. The van der Waals surface area contributed by atoms with Crippen LogP contribution in [0.2, 0.25) is 0 Å². The molecule has 0 fully saturated rings. The van der Waals surface area contributed by atoms with Crippen molar-refractivity contribution >= 4 is 43.1 Å². The molecule has 346 valence electrons. The molecule has 0 unspecified atom stereocenters. The Bertz CT molecular complexity index is 3530. The van der Waals surface area contributed by atoms with Crippen molar-refractivity contribution in [2.75, 3.05) is 35.5 Å². The molecule has 2 aliphatic rings. The standard InChI is InChI=1S/C15H12O.C14H12O.C13H10O.C12H12O.C11H10O/c1-16-15-10-11-6-2-3-7-12(11)13-8-4-5-9-14(13)15;1-15-14-12-8-4-2-6-10(12)11-7-3-5-9-13(11)14;1-14-12-8-4-7-11-9-5-2-3-6-10(9)13(11)12;1-9-3-4-10-5-6-12(13-2)8-11(10)7-9;1-12-11-8-4-6-9-5-2-3-7-10(9)11/h2-10H,1H3;2-9,14H,1H3;2-8H,1H3;3-8H,1-2H3;2-8H,1H3. The van der Waals surface area contributed by atoms with Crippen LogP contribution in [0.5, 0.6) is 23.0 Å². The van der Waals surface area contributed by atoms with Crippen molar-refractivity contribution < 1.29 is 23.7 Å². The Labute approximate surface area is 411 Å². The summed E-state index contributed by atoms with van der Waals surface area (Å²) in [5.74, 6) is 3.77. The largest absolute Gasteiger partial charge is 0.497 e. The zero-order chi connectivity index (χ0) is 48.4. The second kappa shape index (κ2) is 21.7. The van der Waals surface area contributed by atoms with Crippen LogP contribution in [0.4, 0.5) is 0 Å². The smallest absolute Gasteiger partial charge is 0.127 e. The van der Waals surface area contributed by atoms with Crippen LogP contribution in [0.15, 0.2) is 224 Å². The molecule has 0 aromatic heterocycles. The summed E-state index contributed by atoms with van der Waals surface area (Å²) in [7, 11) is 8.59. The van der Waals surface area contributed by atoms with Crippen LogP contribution < -0.4 is 18.9 Å². The van der Waals surface area contributed by atoms with Crippen LogP contribution >= 0.6 is 0 Å². The van der Waals surface area contributed by atoms with Crippen LogP contribution in [-0.2, 0) is 4.74 Å². The highest BCUT2D eigenvalue weighted by Gasteiger charge is 2.27. The third-order valence-corrected chi connectivity index (χ3v) is 12.9. The maximum absolute atomic E-state index is 5.56. The summed E-state index contributed by atoms with van der Waals surface area (Å²) < 4.78 is 26.7. The molecular formula is C65H56O5. The quantitative estimate of drug-likeness (QED) is 0.161. The molecule has 0 bridgehead atoms. The van der Waals surface area contributed by atoms with E-state index < -0.39 is 0 Å². The van der Waals surface area contributed by atoms with E-state index in [9.17, 15) is 0 Å². The van der Waals surface area contributed by atoms with Crippen molar-refractivity contribution in [1.82, 2.24) is 0 Å². The summed E-state index contributed by atoms with van der Waals surface area (Å²) in [5.41, 5.74) is 11.6. The molecule has 11 aromatic rings. The molecule has 0 atom stereocenters. The lowest BCUT2D eigenvalue weighted by molar-refractivity contribution is 0.140. The summed E-state index contributed by atoms with van der Waals surface area (Å²) in [6.45, 7) is 2.10. The Hall–Kier alpha value is -8.38. The van der Waals surface area contributed by atoms with Crippen molar-refractivity contribution in [3.63, 3.8) is 0 Å². The molecule has 0 heterocycles. The number of ether oxygens (including phenoxy) is 5. The van der Waals surface area contributed by atoms with E-state index in [1.165, 1.54) is 93.2 Å². The Morgan fingerprint density at radius 3 is 1.49 bits per heavy atom. The molecule has 5 nitrogen and oxygen atoms in total. The van der Waals surface area contributed by atoms with Gasteiger partial charge in [0.1, 0.15) is 29.1 Å². The van der Waals surface area contributed by atoms with E-state index in [-0.39, 0.29) is 6.10 Å². The van der Waals surface area contributed by atoms with Gasteiger partial charge in [0.2, 0.25) is 0 Å². The summed E-state index contributed by atoms with van der Waals surface area (Å²) in [6, 6.07) is 77.1. The predicted molar refractivity (Wildman–Crippen MR) is 292 cm³/mol. The van der Waals surface area contributed by atoms with Gasteiger partial charge in [-0.1, -0.05) is 200 Å². The Kier molecular flexibility index (Phi) is 14.5. The predicted octanol–water partition coefficient (Wildman–Crippen LogP) is 16.8. The minimum Gasteiger partial charge on any atom is -0.497 e. The lowest BCUT2D eigenvalue weighted by Crippen LogP contribution is -2.00. The topological polar surface area (TPSA) is 46.2 Å². The first kappa shape index (κ1) is 46.7.